The summed E-state index contributed by atoms with van der Waals surface area (Å²) in [5.41, 5.74) is 0. The Balaban J connectivity index is 3.10. The Morgan fingerprint density at radius 1 is 0.545 bits per heavy atom. The van der Waals surface area contributed by atoms with Crippen molar-refractivity contribution in [3.05, 3.63) is 0 Å². The van der Waals surface area contributed by atoms with E-state index in [1.807, 2.05) is 0 Å². The molecule has 0 bridgehead atoms. The van der Waals surface area contributed by atoms with Gasteiger partial charge in [0.2, 0.25) is 0 Å². The lowest BCUT2D eigenvalue weighted by molar-refractivity contribution is -0.145. The van der Waals surface area contributed by atoms with Gasteiger partial charge in [-0.1, -0.05) is 19.8 Å². The molecule has 0 atom stereocenters. The van der Waals surface area contributed by atoms with Gasteiger partial charge in [-0.05, 0) is 26.1 Å². The van der Waals surface area contributed by atoms with Crippen LogP contribution in [0, 0.1) is 0 Å². The van der Waals surface area contributed by atoms with Crippen molar-refractivity contribution in [3.63, 3.8) is 0 Å². The van der Waals surface area contributed by atoms with Gasteiger partial charge < -0.3 is 37.6 Å². The van der Waals surface area contributed by atoms with Gasteiger partial charge in [0, 0.05) is 6.42 Å². The molecule has 10 heteroatoms. The van der Waals surface area contributed by atoms with Crippen molar-refractivity contribution in [1.82, 2.24) is 0 Å². The Kier molecular flexibility index (Phi) is 24.1. The lowest BCUT2D eigenvalue weighted by Crippen LogP contribution is -2.27. The van der Waals surface area contributed by atoms with E-state index in [4.69, 9.17) is 37.6 Å². The van der Waals surface area contributed by atoms with Crippen LogP contribution in [0.15, 0.2) is 0 Å². The van der Waals surface area contributed by atoms with Crippen LogP contribution in [0.1, 0.15) is 32.6 Å². The zero-order valence-electron chi connectivity index (χ0n) is 21.4. The molecule has 0 amide bonds. The van der Waals surface area contributed by atoms with Crippen molar-refractivity contribution < 1.29 is 42.4 Å². The number of carbonyl (C=O) groups excluding carboxylic acids is 1. The first-order valence-electron chi connectivity index (χ1n) is 12.2. The third-order valence-electron chi connectivity index (χ3n) is 4.10. The second-order valence-electron chi connectivity index (χ2n) is 8.31. The molecule has 0 heterocycles. The predicted molar refractivity (Wildman–Crippen MR) is 129 cm³/mol. The van der Waals surface area contributed by atoms with E-state index in [0.717, 1.165) is 19.3 Å². The molecule has 9 nitrogen and oxygen atoms in total. The van der Waals surface area contributed by atoms with Gasteiger partial charge in [0.1, 0.15) is 6.61 Å². The Morgan fingerprint density at radius 2 is 0.909 bits per heavy atom. The first-order valence-corrected chi connectivity index (χ1v) is 15.6. The van der Waals surface area contributed by atoms with Crippen LogP contribution in [0.2, 0.25) is 19.6 Å². The second kappa shape index (κ2) is 24.5. The highest BCUT2D eigenvalue weighted by atomic mass is 28.4. The highest BCUT2D eigenvalue weighted by Crippen LogP contribution is 2.01. The van der Waals surface area contributed by atoms with Crippen LogP contribution in [0.4, 0.5) is 0 Å². The normalized spacial score (nSPS) is 11.8. The Hall–Kier alpha value is -0.593. The molecular weight excluding hydrogens is 448 g/mol. The van der Waals surface area contributed by atoms with E-state index >= 15 is 0 Å². The van der Waals surface area contributed by atoms with Crippen LogP contribution >= 0.6 is 0 Å². The van der Waals surface area contributed by atoms with Crippen molar-refractivity contribution in [2.24, 2.45) is 0 Å². The first kappa shape index (κ1) is 32.4. The van der Waals surface area contributed by atoms with E-state index < -0.39 is 8.32 Å². The number of esters is 1. The minimum atomic E-state index is -1.44. The Morgan fingerprint density at radius 3 is 1.27 bits per heavy atom. The van der Waals surface area contributed by atoms with E-state index in [2.05, 4.69) is 26.6 Å². The molecule has 0 aromatic carbocycles. The van der Waals surface area contributed by atoms with Crippen molar-refractivity contribution >= 4 is 14.3 Å². The Bertz CT molecular complexity index is 419. The quantitative estimate of drug-likeness (QED) is 0.102. The highest BCUT2D eigenvalue weighted by Gasteiger charge is 2.13. The summed E-state index contributed by atoms with van der Waals surface area (Å²) in [6, 6.07) is 0. The zero-order chi connectivity index (χ0) is 24.5. The molecule has 0 unspecified atom stereocenters. The van der Waals surface area contributed by atoms with Crippen LogP contribution in [-0.2, 0) is 42.4 Å². The van der Waals surface area contributed by atoms with E-state index in [9.17, 15) is 4.79 Å². The molecule has 0 rings (SSSR count). The van der Waals surface area contributed by atoms with Crippen molar-refractivity contribution in [3.8, 4) is 0 Å². The molecule has 0 aromatic rings. The van der Waals surface area contributed by atoms with Gasteiger partial charge in [-0.25, -0.2) is 0 Å². The summed E-state index contributed by atoms with van der Waals surface area (Å²) in [5, 5.41) is 0. The van der Waals surface area contributed by atoms with Gasteiger partial charge in [0.15, 0.2) is 8.32 Å². The summed E-state index contributed by atoms with van der Waals surface area (Å²) in [5.74, 6) is -0.152. The fourth-order valence-corrected chi connectivity index (χ4v) is 3.11. The molecule has 33 heavy (non-hydrogen) atoms. The van der Waals surface area contributed by atoms with Crippen LogP contribution < -0.4 is 0 Å². The Labute approximate surface area is 201 Å². The lowest BCUT2D eigenvalue weighted by Gasteiger charge is -2.16. The van der Waals surface area contributed by atoms with Crippen molar-refractivity contribution in [2.45, 2.75) is 52.2 Å². The summed E-state index contributed by atoms with van der Waals surface area (Å²) in [6.07, 6.45) is 3.53. The number of rotatable bonds is 26. The second-order valence-corrected chi connectivity index (χ2v) is 12.8. The predicted octanol–water partition coefficient (Wildman–Crippen LogP) is 3.06. The molecule has 0 fully saturated rings. The molecule has 0 N–H and O–H groups in total. The SMILES string of the molecule is CCCCCC(=O)OCCOCCOCCOCCOCCOCCOCCO[Si](C)(C)C. The zero-order valence-corrected chi connectivity index (χ0v) is 22.4. The summed E-state index contributed by atoms with van der Waals surface area (Å²) in [7, 11) is -1.44. The van der Waals surface area contributed by atoms with Crippen LogP contribution in [0.5, 0.6) is 0 Å². The molecule has 0 aromatic heterocycles. The van der Waals surface area contributed by atoms with Gasteiger partial charge in [-0.15, -0.1) is 0 Å². The third kappa shape index (κ3) is 29.4. The number of carbonyl (C=O) groups is 1. The smallest absolute Gasteiger partial charge is 0.305 e. The van der Waals surface area contributed by atoms with E-state index in [-0.39, 0.29) is 5.97 Å². The van der Waals surface area contributed by atoms with Crippen LogP contribution in [0.25, 0.3) is 0 Å². The van der Waals surface area contributed by atoms with Gasteiger partial charge in [0.05, 0.1) is 85.9 Å². The number of hydrogen-bond donors (Lipinski definition) is 0. The molecule has 0 aliphatic rings. The number of ether oxygens (including phenoxy) is 7. The molecular formula is C23H48O9Si. The average Bonchev–Trinajstić information content (AvgIpc) is 2.76. The van der Waals surface area contributed by atoms with Crippen LogP contribution in [-0.4, -0.2) is 107 Å². The van der Waals surface area contributed by atoms with Gasteiger partial charge in [0.25, 0.3) is 0 Å². The fourth-order valence-electron chi connectivity index (χ4n) is 2.41. The molecule has 0 spiro atoms. The molecule has 0 aliphatic carbocycles. The monoisotopic (exact) mass is 496 g/mol. The maximum absolute atomic E-state index is 11.4. The number of unbranched alkanes of at least 4 members (excludes halogenated alkanes) is 2. The van der Waals surface area contributed by atoms with Gasteiger partial charge in [-0.3, -0.25) is 4.79 Å². The fraction of sp³-hybridized carbons (Fsp3) is 0.957. The standard InChI is InChI=1S/C23H48O9Si/c1-5-6-7-8-23(24)31-21-19-29-17-15-27-13-11-25-9-10-26-12-14-28-16-18-30-20-22-32-33(2,3)4/h5-22H2,1-4H3. The summed E-state index contributed by atoms with van der Waals surface area (Å²) in [6.45, 7) is 15.7. The first-order chi connectivity index (χ1) is 16.0. The summed E-state index contributed by atoms with van der Waals surface area (Å²) >= 11 is 0. The van der Waals surface area contributed by atoms with E-state index in [1.54, 1.807) is 0 Å². The maximum atomic E-state index is 11.4. The maximum Gasteiger partial charge on any atom is 0.305 e. The van der Waals surface area contributed by atoms with Gasteiger partial charge in [-0.2, -0.15) is 0 Å². The van der Waals surface area contributed by atoms with Crippen molar-refractivity contribution in [1.29, 1.82) is 0 Å². The molecule has 0 saturated carbocycles. The van der Waals surface area contributed by atoms with Gasteiger partial charge >= 0.3 is 5.97 Å². The third-order valence-corrected chi connectivity index (χ3v) is 5.17. The highest BCUT2D eigenvalue weighted by molar-refractivity contribution is 6.69. The summed E-state index contributed by atoms with van der Waals surface area (Å²) in [4.78, 5) is 11.4. The van der Waals surface area contributed by atoms with Crippen LogP contribution in [0.3, 0.4) is 0 Å². The number of hydrogen-bond acceptors (Lipinski definition) is 9. The topological polar surface area (TPSA) is 90.9 Å². The lowest BCUT2D eigenvalue weighted by atomic mass is 10.2. The average molecular weight is 497 g/mol. The van der Waals surface area contributed by atoms with Crippen molar-refractivity contribution in [2.75, 3.05) is 92.5 Å². The minimum Gasteiger partial charge on any atom is -0.463 e. The molecule has 198 valence electrons. The summed E-state index contributed by atoms with van der Waals surface area (Å²) < 4.78 is 43.3. The van der Waals surface area contributed by atoms with E-state index in [1.165, 1.54) is 0 Å². The molecule has 0 saturated heterocycles. The minimum absolute atomic E-state index is 0.152. The molecule has 0 aliphatic heterocycles. The van der Waals surface area contributed by atoms with E-state index in [0.29, 0.717) is 98.9 Å². The largest absolute Gasteiger partial charge is 0.463 e. The molecule has 0 radical (unpaired) electrons.